The zero-order valence-corrected chi connectivity index (χ0v) is 21.8. The predicted molar refractivity (Wildman–Crippen MR) is 151 cm³/mol. The van der Waals surface area contributed by atoms with E-state index in [4.69, 9.17) is 16.6 Å². The third kappa shape index (κ3) is 5.30. The number of hydrogen-bond acceptors (Lipinski definition) is 8. The molecule has 2 aromatic carbocycles. The van der Waals surface area contributed by atoms with Gasteiger partial charge in [-0.1, -0.05) is 23.7 Å². The van der Waals surface area contributed by atoms with E-state index in [1.165, 1.54) is 6.08 Å². The molecule has 4 amide bonds. The summed E-state index contributed by atoms with van der Waals surface area (Å²) in [4.78, 5) is 43.3. The van der Waals surface area contributed by atoms with E-state index < -0.39 is 11.9 Å². The third-order valence-electron chi connectivity index (χ3n) is 6.40. The summed E-state index contributed by atoms with van der Waals surface area (Å²) in [6.07, 6.45) is 3.06. The second-order valence-electron chi connectivity index (χ2n) is 9.21. The number of aromatic nitrogens is 3. The molecule has 40 heavy (non-hydrogen) atoms. The molecule has 2 aliphatic rings. The highest BCUT2D eigenvalue weighted by molar-refractivity contribution is 6.30. The van der Waals surface area contributed by atoms with Crippen LogP contribution in [0.5, 0.6) is 0 Å². The van der Waals surface area contributed by atoms with Crippen LogP contribution in [-0.4, -0.2) is 63.5 Å². The maximum absolute atomic E-state index is 13.1. The van der Waals surface area contributed by atoms with E-state index in [-0.39, 0.29) is 11.6 Å². The number of urea groups is 1. The first-order valence-electron chi connectivity index (χ1n) is 12.6. The minimum Gasteiger partial charge on any atom is -0.340 e. The van der Waals surface area contributed by atoms with E-state index in [2.05, 4.69) is 31.7 Å². The van der Waals surface area contributed by atoms with Crippen molar-refractivity contribution in [3.8, 4) is 0 Å². The Labute approximate surface area is 233 Å². The summed E-state index contributed by atoms with van der Waals surface area (Å²) in [6.45, 7) is 2.85. The molecule has 4 aromatic rings. The minimum absolute atomic E-state index is 0.0294. The minimum atomic E-state index is -0.596. The van der Waals surface area contributed by atoms with Crippen molar-refractivity contribution in [3.63, 3.8) is 0 Å². The molecule has 202 valence electrons. The number of nitrogens with one attached hydrogen (secondary N) is 5. The number of fused-ring (bicyclic) bond motifs is 1. The van der Waals surface area contributed by atoms with Gasteiger partial charge in [-0.25, -0.2) is 9.78 Å². The number of rotatable bonds is 6. The molecule has 2 aliphatic heterocycles. The fourth-order valence-corrected chi connectivity index (χ4v) is 4.71. The van der Waals surface area contributed by atoms with Gasteiger partial charge in [0.25, 0.3) is 11.8 Å². The van der Waals surface area contributed by atoms with Crippen molar-refractivity contribution in [1.82, 2.24) is 35.4 Å². The van der Waals surface area contributed by atoms with Gasteiger partial charge in [0.05, 0.1) is 6.20 Å². The smallest absolute Gasteiger partial charge is 0.326 e. The molecule has 2 fully saturated rings. The van der Waals surface area contributed by atoms with Gasteiger partial charge in [-0.3, -0.25) is 14.9 Å². The molecule has 2 saturated heterocycles. The van der Waals surface area contributed by atoms with Crippen molar-refractivity contribution >= 4 is 64.2 Å². The largest absolute Gasteiger partial charge is 0.340 e. The fraction of sp³-hybridized carbons (Fsp3) is 0.148. The Morgan fingerprint density at radius 1 is 0.975 bits per heavy atom. The Bertz CT molecular complexity index is 1680. The SMILES string of the molecule is O=C1NC(=O)C(=Cc2cnn3c(Nc4cccc(C(=O)N5CCNCC5)c4)cc(Nc4cccc(Cl)c4)nc23)N1. The molecule has 0 aliphatic carbocycles. The van der Waals surface area contributed by atoms with Crippen LogP contribution in [0.4, 0.5) is 27.8 Å². The quantitative estimate of drug-likeness (QED) is 0.180. The number of anilines is 4. The molecule has 0 radical (unpaired) electrons. The highest BCUT2D eigenvalue weighted by Crippen LogP contribution is 2.27. The summed E-state index contributed by atoms with van der Waals surface area (Å²) in [5, 5.41) is 19.5. The van der Waals surface area contributed by atoms with Crippen LogP contribution in [0.1, 0.15) is 15.9 Å². The van der Waals surface area contributed by atoms with Gasteiger partial charge in [0.1, 0.15) is 17.3 Å². The van der Waals surface area contributed by atoms with E-state index in [9.17, 15) is 14.4 Å². The molecule has 4 heterocycles. The van der Waals surface area contributed by atoms with Crippen LogP contribution in [0.25, 0.3) is 11.7 Å². The molecule has 0 spiro atoms. The summed E-state index contributed by atoms with van der Waals surface area (Å²) in [5.41, 5.74) is 2.99. The molecular formula is C27H24ClN9O3. The molecule has 5 N–H and O–H groups in total. The Hall–Kier alpha value is -4.94. The highest BCUT2D eigenvalue weighted by atomic mass is 35.5. The average molecular weight is 558 g/mol. The lowest BCUT2D eigenvalue weighted by Crippen LogP contribution is -2.46. The van der Waals surface area contributed by atoms with Crippen LogP contribution in [0.15, 0.2) is 66.5 Å². The Kier molecular flexibility index (Phi) is 6.76. The number of piperazine rings is 1. The van der Waals surface area contributed by atoms with Gasteiger partial charge < -0.3 is 26.2 Å². The van der Waals surface area contributed by atoms with Crippen molar-refractivity contribution in [2.75, 3.05) is 36.8 Å². The second kappa shape index (κ2) is 10.7. The average Bonchev–Trinajstić information content (AvgIpc) is 3.50. The Morgan fingerprint density at radius 3 is 2.50 bits per heavy atom. The Morgan fingerprint density at radius 2 is 1.75 bits per heavy atom. The molecule has 0 bridgehead atoms. The molecule has 13 heteroatoms. The van der Waals surface area contributed by atoms with E-state index in [0.29, 0.717) is 52.2 Å². The lowest BCUT2D eigenvalue weighted by molar-refractivity contribution is -0.115. The standard InChI is InChI=1S/C27H24ClN9O3/c28-18-4-2-6-20(13-18)31-22-14-23(32-19-5-1-3-16(11-19)26(39)36-9-7-29-8-10-36)37-24(34-22)17(15-30-37)12-21-25(38)35-27(40)33-21/h1-6,11-15,29,32H,7-10H2,(H,31,34)(H2,33,35,38,40). The van der Waals surface area contributed by atoms with E-state index in [1.54, 1.807) is 41.0 Å². The molecule has 0 atom stereocenters. The van der Waals surface area contributed by atoms with E-state index in [1.807, 2.05) is 29.2 Å². The van der Waals surface area contributed by atoms with Crippen LogP contribution in [0.2, 0.25) is 5.02 Å². The first kappa shape index (κ1) is 25.3. The van der Waals surface area contributed by atoms with Crippen molar-refractivity contribution < 1.29 is 14.4 Å². The van der Waals surface area contributed by atoms with E-state index >= 15 is 0 Å². The number of hydrogen-bond donors (Lipinski definition) is 5. The molecule has 6 rings (SSSR count). The van der Waals surface area contributed by atoms with Crippen LogP contribution in [-0.2, 0) is 4.79 Å². The second-order valence-corrected chi connectivity index (χ2v) is 9.65. The van der Waals surface area contributed by atoms with Gasteiger partial charge in [0.15, 0.2) is 5.65 Å². The monoisotopic (exact) mass is 557 g/mol. The van der Waals surface area contributed by atoms with Crippen molar-refractivity contribution in [3.05, 3.63) is 82.6 Å². The van der Waals surface area contributed by atoms with Crippen LogP contribution in [0, 0.1) is 0 Å². The summed E-state index contributed by atoms with van der Waals surface area (Å²) in [6, 6.07) is 15.7. The number of imide groups is 1. The zero-order chi connectivity index (χ0) is 27.6. The maximum Gasteiger partial charge on any atom is 0.326 e. The number of benzene rings is 2. The molecule has 2 aromatic heterocycles. The maximum atomic E-state index is 13.1. The number of carbonyl (C=O) groups excluding carboxylic acids is 3. The normalized spacial score (nSPS) is 16.2. The third-order valence-corrected chi connectivity index (χ3v) is 6.64. The van der Waals surface area contributed by atoms with Gasteiger partial charge in [-0.15, -0.1) is 0 Å². The number of amides is 4. The van der Waals surface area contributed by atoms with Gasteiger partial charge in [0.2, 0.25) is 0 Å². The summed E-state index contributed by atoms with van der Waals surface area (Å²) in [7, 11) is 0. The van der Waals surface area contributed by atoms with Crippen LogP contribution in [0.3, 0.4) is 0 Å². The van der Waals surface area contributed by atoms with Gasteiger partial charge in [-0.2, -0.15) is 9.61 Å². The van der Waals surface area contributed by atoms with Crippen LogP contribution < -0.4 is 26.6 Å². The van der Waals surface area contributed by atoms with E-state index in [0.717, 1.165) is 18.8 Å². The fourth-order valence-electron chi connectivity index (χ4n) is 4.52. The number of nitrogens with zero attached hydrogens (tertiary/aromatic N) is 4. The first-order valence-corrected chi connectivity index (χ1v) is 12.9. The van der Waals surface area contributed by atoms with Crippen molar-refractivity contribution in [1.29, 1.82) is 0 Å². The highest BCUT2D eigenvalue weighted by Gasteiger charge is 2.24. The molecule has 0 saturated carbocycles. The van der Waals surface area contributed by atoms with Crippen molar-refractivity contribution in [2.45, 2.75) is 0 Å². The molecule has 12 nitrogen and oxygen atoms in total. The summed E-state index contributed by atoms with van der Waals surface area (Å²) >= 11 is 6.17. The summed E-state index contributed by atoms with van der Waals surface area (Å²) < 4.78 is 1.58. The van der Waals surface area contributed by atoms with Gasteiger partial charge >= 0.3 is 6.03 Å². The molecular weight excluding hydrogens is 534 g/mol. The predicted octanol–water partition coefficient (Wildman–Crippen LogP) is 3.10. The zero-order valence-electron chi connectivity index (χ0n) is 21.1. The topological polar surface area (TPSA) is 145 Å². The Balaban J connectivity index is 1.37. The van der Waals surface area contributed by atoms with Gasteiger partial charge in [0, 0.05) is 59.8 Å². The lowest BCUT2D eigenvalue weighted by atomic mass is 10.1. The summed E-state index contributed by atoms with van der Waals surface area (Å²) in [5.74, 6) is 0.455. The first-order chi connectivity index (χ1) is 19.4. The van der Waals surface area contributed by atoms with Crippen molar-refractivity contribution in [2.24, 2.45) is 0 Å². The number of carbonyl (C=O) groups is 3. The lowest BCUT2D eigenvalue weighted by Gasteiger charge is -2.27. The van der Waals surface area contributed by atoms with Crippen LogP contribution >= 0.6 is 11.6 Å². The van der Waals surface area contributed by atoms with Gasteiger partial charge in [-0.05, 0) is 42.5 Å². The molecule has 0 unspecified atom stereocenters. The number of halogens is 1.